The summed E-state index contributed by atoms with van der Waals surface area (Å²) in [4.78, 5) is 4.56. The minimum Gasteiger partial charge on any atom is -0.444 e. The second-order valence-electron chi connectivity index (χ2n) is 6.25. The van der Waals surface area contributed by atoms with Gasteiger partial charge in [0.1, 0.15) is 12.1 Å². The van der Waals surface area contributed by atoms with Gasteiger partial charge in [-0.2, -0.15) is 0 Å². The summed E-state index contributed by atoms with van der Waals surface area (Å²) in [5.41, 5.74) is 2.95. The third kappa shape index (κ3) is 4.29. The van der Waals surface area contributed by atoms with Gasteiger partial charge < -0.3 is 8.98 Å². The van der Waals surface area contributed by atoms with Crippen LogP contribution in [0.4, 0.5) is 0 Å². The zero-order valence-corrected chi connectivity index (χ0v) is 17.0. The van der Waals surface area contributed by atoms with Crippen molar-refractivity contribution in [3.05, 3.63) is 83.0 Å². The average molecular weight is 411 g/mol. The van der Waals surface area contributed by atoms with Gasteiger partial charge in [0.15, 0.2) is 5.16 Å². The molecule has 2 aromatic carbocycles. The second kappa shape index (κ2) is 8.63. The van der Waals surface area contributed by atoms with Crippen LogP contribution in [0.15, 0.2) is 70.4 Å². The molecule has 0 unspecified atom stereocenters. The lowest BCUT2D eigenvalue weighted by Gasteiger charge is -2.06. The predicted octanol–water partition coefficient (Wildman–Crippen LogP) is 5.49. The second-order valence-corrected chi connectivity index (χ2v) is 7.63. The molecule has 0 aliphatic rings. The van der Waals surface area contributed by atoms with E-state index in [0.29, 0.717) is 16.7 Å². The summed E-state index contributed by atoms with van der Waals surface area (Å²) >= 11 is 7.65. The first-order chi connectivity index (χ1) is 13.7. The van der Waals surface area contributed by atoms with E-state index in [4.69, 9.17) is 16.0 Å². The number of aromatic nitrogens is 4. The summed E-state index contributed by atoms with van der Waals surface area (Å²) in [6.07, 6.45) is 2.45. The Morgan fingerprint density at radius 2 is 1.93 bits per heavy atom. The minimum absolute atomic E-state index is 0.569. The lowest BCUT2D eigenvalue weighted by molar-refractivity contribution is 0.573. The van der Waals surface area contributed by atoms with Crippen LogP contribution in [0.2, 0.25) is 5.02 Å². The van der Waals surface area contributed by atoms with E-state index in [1.165, 1.54) is 5.56 Å². The quantitative estimate of drug-likeness (QED) is 0.377. The van der Waals surface area contributed by atoms with Crippen molar-refractivity contribution in [2.24, 2.45) is 0 Å². The van der Waals surface area contributed by atoms with Gasteiger partial charge in [-0.05, 0) is 30.7 Å². The molecule has 0 aliphatic heterocycles. The van der Waals surface area contributed by atoms with E-state index in [9.17, 15) is 0 Å². The fourth-order valence-corrected chi connectivity index (χ4v) is 4.01. The molecule has 0 aliphatic carbocycles. The Hall–Kier alpha value is -2.57. The average Bonchev–Trinajstić information content (AvgIpc) is 3.34. The highest BCUT2D eigenvalue weighted by Crippen LogP contribution is 2.26. The first-order valence-corrected chi connectivity index (χ1v) is 10.4. The third-order valence-electron chi connectivity index (χ3n) is 4.29. The smallest absolute Gasteiger partial charge is 0.226 e. The molecule has 0 saturated heterocycles. The molecule has 0 radical (unpaired) electrons. The fourth-order valence-electron chi connectivity index (χ4n) is 2.92. The molecule has 0 bridgehead atoms. The number of oxazole rings is 1. The monoisotopic (exact) mass is 410 g/mol. The summed E-state index contributed by atoms with van der Waals surface area (Å²) < 4.78 is 7.76. The van der Waals surface area contributed by atoms with E-state index < -0.39 is 0 Å². The largest absolute Gasteiger partial charge is 0.444 e. The lowest BCUT2D eigenvalue weighted by Crippen LogP contribution is -2.04. The number of halogens is 1. The molecule has 5 nitrogen and oxygen atoms in total. The maximum absolute atomic E-state index is 6.04. The topological polar surface area (TPSA) is 56.7 Å². The molecule has 0 fully saturated rings. The van der Waals surface area contributed by atoms with Gasteiger partial charge in [0.25, 0.3) is 0 Å². The first-order valence-electron chi connectivity index (χ1n) is 9.02. The van der Waals surface area contributed by atoms with Crippen LogP contribution in [0.1, 0.15) is 24.0 Å². The van der Waals surface area contributed by atoms with E-state index in [2.05, 4.69) is 38.8 Å². The van der Waals surface area contributed by atoms with Crippen molar-refractivity contribution in [3.63, 3.8) is 0 Å². The van der Waals surface area contributed by atoms with E-state index in [0.717, 1.165) is 35.2 Å². The standard InChI is InChI=1S/C21H19ClN4OS/c1-2-26-19(11-15-7-4-3-5-8-15)24-25-21(26)28-14-18-13-27-20(23-18)16-9-6-10-17(22)12-16/h3-10,12-13H,2,11,14H2,1H3. The van der Waals surface area contributed by atoms with Crippen LogP contribution in [-0.4, -0.2) is 19.7 Å². The highest BCUT2D eigenvalue weighted by molar-refractivity contribution is 7.98. The molecule has 4 rings (SSSR count). The molecular weight excluding hydrogens is 392 g/mol. The molecule has 28 heavy (non-hydrogen) atoms. The number of hydrogen-bond acceptors (Lipinski definition) is 5. The molecule has 4 aromatic rings. The molecule has 2 heterocycles. The molecule has 0 atom stereocenters. The zero-order chi connectivity index (χ0) is 19.3. The van der Waals surface area contributed by atoms with Crippen molar-refractivity contribution in [2.45, 2.75) is 30.8 Å². The van der Waals surface area contributed by atoms with Crippen LogP contribution in [0.5, 0.6) is 0 Å². The van der Waals surface area contributed by atoms with Crippen molar-refractivity contribution in [1.82, 2.24) is 19.7 Å². The van der Waals surface area contributed by atoms with Gasteiger partial charge in [-0.15, -0.1) is 10.2 Å². The van der Waals surface area contributed by atoms with Crippen LogP contribution >= 0.6 is 23.4 Å². The Morgan fingerprint density at radius 1 is 1.07 bits per heavy atom. The van der Waals surface area contributed by atoms with Crippen LogP contribution in [-0.2, 0) is 18.7 Å². The molecule has 0 saturated carbocycles. The predicted molar refractivity (Wildman–Crippen MR) is 111 cm³/mol. The molecule has 142 valence electrons. The van der Waals surface area contributed by atoms with Gasteiger partial charge >= 0.3 is 0 Å². The van der Waals surface area contributed by atoms with E-state index in [-0.39, 0.29) is 0 Å². The SMILES string of the molecule is CCn1c(Cc2ccccc2)nnc1SCc1coc(-c2cccc(Cl)c2)n1. The maximum atomic E-state index is 6.04. The number of benzene rings is 2. The molecule has 2 aromatic heterocycles. The first kappa shape index (κ1) is 18.8. The van der Waals surface area contributed by atoms with Gasteiger partial charge in [-0.1, -0.05) is 59.8 Å². The van der Waals surface area contributed by atoms with Gasteiger partial charge in [0.2, 0.25) is 5.89 Å². The summed E-state index contributed by atoms with van der Waals surface area (Å²) in [6.45, 7) is 2.93. The minimum atomic E-state index is 0.569. The highest BCUT2D eigenvalue weighted by Gasteiger charge is 2.14. The Kier molecular flexibility index (Phi) is 5.78. The van der Waals surface area contributed by atoms with Crippen LogP contribution in [0, 0.1) is 0 Å². The summed E-state index contributed by atoms with van der Waals surface area (Å²) in [5, 5.41) is 10.3. The number of nitrogens with zero attached hydrogens (tertiary/aromatic N) is 4. The van der Waals surface area contributed by atoms with Crippen molar-refractivity contribution in [2.75, 3.05) is 0 Å². The Morgan fingerprint density at radius 3 is 2.71 bits per heavy atom. The zero-order valence-electron chi connectivity index (χ0n) is 15.4. The van der Waals surface area contributed by atoms with E-state index in [1.807, 2.05) is 42.5 Å². The van der Waals surface area contributed by atoms with Crippen molar-refractivity contribution in [3.8, 4) is 11.5 Å². The molecule has 0 amide bonds. The Balaban J connectivity index is 1.45. The van der Waals surface area contributed by atoms with Crippen molar-refractivity contribution < 1.29 is 4.42 Å². The summed E-state index contributed by atoms with van der Waals surface area (Å²) in [7, 11) is 0. The van der Waals surface area contributed by atoms with Crippen molar-refractivity contribution >= 4 is 23.4 Å². The van der Waals surface area contributed by atoms with E-state index in [1.54, 1.807) is 18.0 Å². The third-order valence-corrected chi connectivity index (χ3v) is 5.52. The van der Waals surface area contributed by atoms with Crippen LogP contribution in [0.3, 0.4) is 0 Å². The highest BCUT2D eigenvalue weighted by atomic mass is 35.5. The van der Waals surface area contributed by atoms with Gasteiger partial charge in [-0.25, -0.2) is 4.98 Å². The number of hydrogen-bond donors (Lipinski definition) is 0. The molecule has 0 N–H and O–H groups in total. The van der Waals surface area contributed by atoms with Crippen LogP contribution < -0.4 is 0 Å². The molecular formula is C21H19ClN4OS. The summed E-state index contributed by atoms with van der Waals surface area (Å²) in [6, 6.07) is 17.8. The Bertz CT molecular complexity index is 1060. The van der Waals surface area contributed by atoms with Crippen molar-refractivity contribution in [1.29, 1.82) is 0 Å². The van der Waals surface area contributed by atoms with E-state index >= 15 is 0 Å². The van der Waals surface area contributed by atoms with Gasteiger partial charge in [-0.3, -0.25) is 0 Å². The number of rotatable bonds is 7. The molecule has 0 spiro atoms. The van der Waals surface area contributed by atoms with Crippen LogP contribution in [0.25, 0.3) is 11.5 Å². The normalized spacial score (nSPS) is 11.1. The van der Waals surface area contributed by atoms with Gasteiger partial charge in [0, 0.05) is 29.3 Å². The summed E-state index contributed by atoms with van der Waals surface area (Å²) in [5.74, 6) is 2.20. The van der Waals surface area contributed by atoms with Gasteiger partial charge in [0.05, 0.1) is 5.69 Å². The maximum Gasteiger partial charge on any atom is 0.226 e. The lowest BCUT2D eigenvalue weighted by atomic mass is 10.1. The Labute approximate surface area is 172 Å². The molecule has 7 heteroatoms. The number of thioether (sulfide) groups is 1. The fraction of sp³-hybridized carbons (Fsp3) is 0.190.